The lowest BCUT2D eigenvalue weighted by atomic mass is 10.1. The number of carbonyl (C=O) groups is 1. The van der Waals surface area contributed by atoms with Crippen LogP contribution in [0.25, 0.3) is 0 Å². The maximum Gasteiger partial charge on any atom is 0.308 e. The van der Waals surface area contributed by atoms with Crippen molar-refractivity contribution in [2.75, 3.05) is 13.2 Å². The maximum absolute atomic E-state index is 11.7. The highest BCUT2D eigenvalue weighted by atomic mass is 32.1. The van der Waals surface area contributed by atoms with Gasteiger partial charge in [0.1, 0.15) is 6.10 Å². The molecule has 0 aliphatic heterocycles. The van der Waals surface area contributed by atoms with E-state index >= 15 is 0 Å². The normalized spacial score (nSPS) is 12.0. The second kappa shape index (κ2) is 18.1. The molecule has 0 aliphatic rings. The summed E-state index contributed by atoms with van der Waals surface area (Å²) in [4.78, 5) is 11.7. The van der Waals surface area contributed by atoms with Crippen LogP contribution in [0.2, 0.25) is 0 Å². The summed E-state index contributed by atoms with van der Waals surface area (Å²) in [5.74, 6) is -0.411. The van der Waals surface area contributed by atoms with Gasteiger partial charge in [0.15, 0.2) is 5.05 Å². The predicted molar refractivity (Wildman–Crippen MR) is 107 cm³/mol. The first kappa shape index (κ1) is 24.3. The Kier molecular flexibility index (Phi) is 17.6. The number of hydrogen-bond donors (Lipinski definition) is 1. The van der Waals surface area contributed by atoms with Gasteiger partial charge in [0.2, 0.25) is 0 Å². The van der Waals surface area contributed by atoms with E-state index in [-0.39, 0.29) is 11.5 Å². The molecule has 0 aliphatic carbocycles. The molecule has 148 valence electrons. The Morgan fingerprint density at radius 2 is 1.24 bits per heavy atom. The zero-order chi connectivity index (χ0) is 18.8. The van der Waals surface area contributed by atoms with Crippen molar-refractivity contribution in [3.8, 4) is 0 Å². The Morgan fingerprint density at radius 3 is 1.76 bits per heavy atom. The van der Waals surface area contributed by atoms with Crippen LogP contribution in [0.3, 0.4) is 0 Å². The molecule has 4 nitrogen and oxygen atoms in total. The summed E-state index contributed by atoms with van der Waals surface area (Å²) < 4.78 is 10.5. The van der Waals surface area contributed by atoms with Crippen molar-refractivity contribution in [2.45, 2.75) is 103 Å². The van der Waals surface area contributed by atoms with Crippen LogP contribution in [0.15, 0.2) is 0 Å². The van der Waals surface area contributed by atoms with Crippen molar-refractivity contribution in [1.82, 2.24) is 0 Å². The molecule has 0 amide bonds. The lowest BCUT2D eigenvalue weighted by Gasteiger charge is -2.13. The number of aliphatic hydroxyl groups is 1. The number of aliphatic hydroxyl groups excluding tert-OH is 1. The fourth-order valence-corrected chi connectivity index (χ4v) is 2.69. The van der Waals surface area contributed by atoms with Gasteiger partial charge in [0, 0.05) is 0 Å². The monoisotopic (exact) mass is 374 g/mol. The standard InChI is InChI=1S/C20H38O4S/c1-3-5-7-9-11-13-15-23-19(22)17-18(21)20(25)24-16-14-12-10-8-6-4-2/h18,21H,3-17H2,1-2H3. The first-order chi connectivity index (χ1) is 12.1. The van der Waals surface area contributed by atoms with E-state index in [2.05, 4.69) is 13.8 Å². The number of thiocarbonyl (C=S) groups is 1. The van der Waals surface area contributed by atoms with Crippen molar-refractivity contribution in [1.29, 1.82) is 0 Å². The molecule has 0 rings (SSSR count). The van der Waals surface area contributed by atoms with Gasteiger partial charge in [-0.25, -0.2) is 0 Å². The topological polar surface area (TPSA) is 55.8 Å². The Hall–Kier alpha value is -0.680. The van der Waals surface area contributed by atoms with Crippen molar-refractivity contribution < 1.29 is 19.4 Å². The van der Waals surface area contributed by atoms with E-state index in [0.29, 0.717) is 13.2 Å². The highest BCUT2D eigenvalue weighted by Crippen LogP contribution is 2.08. The highest BCUT2D eigenvalue weighted by molar-refractivity contribution is 7.80. The van der Waals surface area contributed by atoms with Crippen molar-refractivity contribution >= 4 is 23.2 Å². The van der Waals surface area contributed by atoms with Crippen LogP contribution in [0.4, 0.5) is 0 Å². The number of rotatable bonds is 17. The Bertz CT molecular complexity index is 334. The summed E-state index contributed by atoms with van der Waals surface area (Å²) in [6.45, 7) is 5.31. The molecule has 0 fully saturated rings. The summed E-state index contributed by atoms with van der Waals surface area (Å²) in [5, 5.41) is 10.00. The molecule has 0 saturated heterocycles. The highest BCUT2D eigenvalue weighted by Gasteiger charge is 2.17. The van der Waals surface area contributed by atoms with E-state index < -0.39 is 12.1 Å². The largest absolute Gasteiger partial charge is 0.484 e. The zero-order valence-electron chi connectivity index (χ0n) is 16.3. The minimum Gasteiger partial charge on any atom is -0.484 e. The van der Waals surface area contributed by atoms with Gasteiger partial charge in [0.05, 0.1) is 19.6 Å². The number of hydrogen-bond acceptors (Lipinski definition) is 5. The van der Waals surface area contributed by atoms with Gasteiger partial charge >= 0.3 is 5.97 Å². The number of carbonyl (C=O) groups excluding carboxylic acids is 1. The second-order valence-corrected chi connectivity index (χ2v) is 7.05. The van der Waals surface area contributed by atoms with Gasteiger partial charge in [0.25, 0.3) is 0 Å². The van der Waals surface area contributed by atoms with Crippen molar-refractivity contribution in [3.63, 3.8) is 0 Å². The van der Waals surface area contributed by atoms with Crippen LogP contribution in [0, 0.1) is 0 Å². The minimum absolute atomic E-state index is 0.102. The molecule has 1 N–H and O–H groups in total. The van der Waals surface area contributed by atoms with E-state index in [1.54, 1.807) is 0 Å². The Labute approximate surface area is 159 Å². The third kappa shape index (κ3) is 16.5. The van der Waals surface area contributed by atoms with Crippen molar-refractivity contribution in [3.05, 3.63) is 0 Å². The van der Waals surface area contributed by atoms with Gasteiger partial charge in [-0.2, -0.15) is 0 Å². The number of unbranched alkanes of at least 4 members (excludes halogenated alkanes) is 10. The fourth-order valence-electron chi connectivity index (χ4n) is 2.52. The molecule has 25 heavy (non-hydrogen) atoms. The van der Waals surface area contributed by atoms with Crippen LogP contribution < -0.4 is 0 Å². The van der Waals surface area contributed by atoms with Crippen LogP contribution >= 0.6 is 12.2 Å². The molecule has 0 aromatic heterocycles. The smallest absolute Gasteiger partial charge is 0.308 e. The first-order valence-electron chi connectivity index (χ1n) is 10.1. The van der Waals surface area contributed by atoms with E-state index in [4.69, 9.17) is 21.7 Å². The lowest BCUT2D eigenvalue weighted by Crippen LogP contribution is -2.26. The molecule has 0 heterocycles. The molecule has 0 bridgehead atoms. The summed E-state index contributed by atoms with van der Waals surface area (Å²) >= 11 is 5.03. The molecule has 1 unspecified atom stereocenters. The van der Waals surface area contributed by atoms with Crippen molar-refractivity contribution in [2.24, 2.45) is 0 Å². The molecule has 0 aromatic rings. The van der Waals surface area contributed by atoms with Gasteiger partial charge in [-0.1, -0.05) is 78.1 Å². The minimum atomic E-state index is -1.05. The molecule has 5 heteroatoms. The molecule has 1 atom stereocenters. The lowest BCUT2D eigenvalue weighted by molar-refractivity contribution is -0.145. The quantitative estimate of drug-likeness (QED) is 0.211. The van der Waals surface area contributed by atoms with E-state index in [1.165, 1.54) is 51.4 Å². The van der Waals surface area contributed by atoms with Crippen LogP contribution in [-0.4, -0.2) is 35.4 Å². The molecule has 0 spiro atoms. The van der Waals surface area contributed by atoms with Gasteiger partial charge in [-0.15, -0.1) is 0 Å². The van der Waals surface area contributed by atoms with Crippen LogP contribution in [0.5, 0.6) is 0 Å². The molecule has 0 radical (unpaired) electrons. The van der Waals surface area contributed by atoms with Crippen LogP contribution in [-0.2, 0) is 14.3 Å². The van der Waals surface area contributed by atoms with Crippen LogP contribution in [0.1, 0.15) is 97.3 Å². The van der Waals surface area contributed by atoms with E-state index in [9.17, 15) is 9.90 Å². The number of ether oxygens (including phenoxy) is 2. The molecule has 0 aromatic carbocycles. The SMILES string of the molecule is CCCCCCCCOC(=O)CC(O)C(=S)OCCCCCCCC. The maximum atomic E-state index is 11.7. The average Bonchev–Trinajstić information content (AvgIpc) is 2.59. The fraction of sp³-hybridized carbons (Fsp3) is 0.900. The number of esters is 1. The molecular formula is C20H38O4S. The Morgan fingerprint density at radius 1 is 0.800 bits per heavy atom. The van der Waals surface area contributed by atoms with E-state index in [0.717, 1.165) is 25.7 Å². The third-order valence-corrected chi connectivity index (χ3v) is 4.53. The Balaban J connectivity index is 3.56. The van der Waals surface area contributed by atoms with Gasteiger partial charge in [-0.3, -0.25) is 4.79 Å². The summed E-state index contributed by atoms with van der Waals surface area (Å²) in [5.41, 5.74) is 0. The van der Waals surface area contributed by atoms with Gasteiger partial charge < -0.3 is 14.6 Å². The summed E-state index contributed by atoms with van der Waals surface area (Å²) in [6.07, 6.45) is 12.7. The second-order valence-electron chi connectivity index (χ2n) is 6.64. The molecule has 0 saturated carbocycles. The molecular weight excluding hydrogens is 336 g/mol. The van der Waals surface area contributed by atoms with Gasteiger partial charge in [-0.05, 0) is 25.1 Å². The third-order valence-electron chi connectivity index (χ3n) is 4.14. The summed E-state index contributed by atoms with van der Waals surface area (Å²) in [6, 6.07) is 0. The summed E-state index contributed by atoms with van der Waals surface area (Å²) in [7, 11) is 0. The first-order valence-corrected chi connectivity index (χ1v) is 10.5. The zero-order valence-corrected chi connectivity index (χ0v) is 17.1. The van der Waals surface area contributed by atoms with E-state index in [1.807, 2.05) is 0 Å². The average molecular weight is 375 g/mol. The predicted octanol–water partition coefficient (Wildman–Crippen LogP) is 5.35.